The Hall–Kier alpha value is -2.20. The van der Waals surface area contributed by atoms with E-state index >= 15 is 0 Å². The van der Waals surface area contributed by atoms with Gasteiger partial charge in [-0.15, -0.1) is 0 Å². The number of nitrogens with zero attached hydrogens (tertiary/aromatic N) is 2. The van der Waals surface area contributed by atoms with Crippen LogP contribution in [-0.4, -0.2) is 99.1 Å². The minimum atomic E-state index is -1.09. The maximum atomic E-state index is 11.7. The second-order valence-electron chi connectivity index (χ2n) is 7.23. The van der Waals surface area contributed by atoms with Crippen LogP contribution in [0.1, 0.15) is 53.4 Å². The molecule has 0 aliphatic carbocycles. The molecule has 0 spiro atoms. The summed E-state index contributed by atoms with van der Waals surface area (Å²) in [5.74, 6) is -2.41. The molecule has 0 aromatic heterocycles. The van der Waals surface area contributed by atoms with Gasteiger partial charge in [-0.2, -0.15) is 0 Å². The summed E-state index contributed by atoms with van der Waals surface area (Å²) in [7, 11) is 0. The number of likely N-dealkylation sites (N-methyl/N-ethyl adjacent to an activating group) is 2. The molecule has 0 fully saturated rings. The number of nitrogens with one attached hydrogen (secondary N) is 2. The molecule has 0 bridgehead atoms. The standard InChI is InChI=1S/C22H42N4O6/c1-5-25(6-2)15-13-23-19(27)11-9-17-31-21(29)22(30)32-18-10-12-20(28)24-14-16-26(7-3)8-4/h5-18H2,1-4H3,(H,23,27)(H,24,28). The fourth-order valence-corrected chi connectivity index (χ4v) is 2.88. The van der Waals surface area contributed by atoms with Crippen LogP contribution in [0.2, 0.25) is 0 Å². The summed E-state index contributed by atoms with van der Waals surface area (Å²) in [5, 5.41) is 5.62. The van der Waals surface area contributed by atoms with E-state index in [4.69, 9.17) is 9.47 Å². The minimum Gasteiger partial charge on any atom is -0.457 e. The summed E-state index contributed by atoms with van der Waals surface area (Å²) >= 11 is 0. The number of carbonyl (C=O) groups is 4. The number of carbonyl (C=O) groups excluding carboxylic acids is 4. The van der Waals surface area contributed by atoms with Crippen molar-refractivity contribution >= 4 is 23.8 Å². The van der Waals surface area contributed by atoms with E-state index in [1.807, 2.05) is 0 Å². The molecule has 0 unspecified atom stereocenters. The fourth-order valence-electron chi connectivity index (χ4n) is 2.88. The zero-order valence-electron chi connectivity index (χ0n) is 20.2. The summed E-state index contributed by atoms with van der Waals surface area (Å²) in [6.45, 7) is 14.6. The van der Waals surface area contributed by atoms with Crippen LogP contribution in [0.25, 0.3) is 0 Å². The Morgan fingerprint density at radius 3 is 1.28 bits per heavy atom. The van der Waals surface area contributed by atoms with E-state index in [-0.39, 0.29) is 37.9 Å². The first-order valence-electron chi connectivity index (χ1n) is 11.7. The van der Waals surface area contributed by atoms with Gasteiger partial charge in [0, 0.05) is 39.0 Å². The molecule has 0 rings (SSSR count). The van der Waals surface area contributed by atoms with Crippen molar-refractivity contribution in [1.82, 2.24) is 20.4 Å². The average molecular weight is 459 g/mol. The van der Waals surface area contributed by atoms with E-state index in [0.717, 1.165) is 39.3 Å². The van der Waals surface area contributed by atoms with E-state index in [0.29, 0.717) is 25.9 Å². The largest absolute Gasteiger partial charge is 0.457 e. The van der Waals surface area contributed by atoms with E-state index in [9.17, 15) is 19.2 Å². The van der Waals surface area contributed by atoms with Gasteiger partial charge in [0.15, 0.2) is 0 Å². The first-order valence-corrected chi connectivity index (χ1v) is 11.7. The lowest BCUT2D eigenvalue weighted by atomic mass is 10.3. The number of ether oxygens (including phenoxy) is 2. The highest BCUT2D eigenvalue weighted by Gasteiger charge is 2.17. The highest BCUT2D eigenvalue weighted by molar-refractivity contribution is 6.29. The Kier molecular flexibility index (Phi) is 18.1. The fraction of sp³-hybridized carbons (Fsp3) is 0.818. The summed E-state index contributed by atoms with van der Waals surface area (Å²) in [5.41, 5.74) is 0. The average Bonchev–Trinajstić information content (AvgIpc) is 2.79. The Balaban J connectivity index is 3.74. The number of hydrogen-bond acceptors (Lipinski definition) is 8. The van der Waals surface area contributed by atoms with Crippen LogP contribution < -0.4 is 10.6 Å². The topological polar surface area (TPSA) is 117 Å². The third kappa shape index (κ3) is 15.6. The van der Waals surface area contributed by atoms with Crippen molar-refractivity contribution in [2.75, 3.05) is 65.6 Å². The Labute approximate surface area is 192 Å². The quantitative estimate of drug-likeness (QED) is 0.174. The number of amides is 2. The lowest BCUT2D eigenvalue weighted by Gasteiger charge is -2.17. The van der Waals surface area contributed by atoms with Crippen molar-refractivity contribution in [2.24, 2.45) is 0 Å². The normalized spacial score (nSPS) is 10.8. The van der Waals surface area contributed by atoms with Crippen LogP contribution in [-0.2, 0) is 28.7 Å². The molecule has 10 heteroatoms. The van der Waals surface area contributed by atoms with Crippen LogP contribution >= 0.6 is 0 Å². The van der Waals surface area contributed by atoms with Gasteiger partial charge in [0.2, 0.25) is 11.8 Å². The molecule has 0 atom stereocenters. The van der Waals surface area contributed by atoms with Gasteiger partial charge in [-0.25, -0.2) is 9.59 Å². The monoisotopic (exact) mass is 458 g/mol. The maximum Gasteiger partial charge on any atom is 0.417 e. The SMILES string of the molecule is CCN(CC)CCNC(=O)CCCOC(=O)C(=O)OCCCC(=O)NCCN(CC)CC. The molecule has 0 heterocycles. The molecular weight excluding hydrogens is 416 g/mol. The molecule has 2 N–H and O–H groups in total. The van der Waals surface area contributed by atoms with Gasteiger partial charge in [0.05, 0.1) is 13.2 Å². The van der Waals surface area contributed by atoms with Crippen molar-refractivity contribution in [2.45, 2.75) is 53.4 Å². The molecular formula is C22H42N4O6. The second kappa shape index (κ2) is 19.5. The zero-order chi connectivity index (χ0) is 24.2. The summed E-state index contributed by atoms with van der Waals surface area (Å²) in [6.07, 6.45) is 1.07. The van der Waals surface area contributed by atoms with Crippen molar-refractivity contribution in [3.05, 3.63) is 0 Å². The van der Waals surface area contributed by atoms with Gasteiger partial charge >= 0.3 is 11.9 Å². The van der Waals surface area contributed by atoms with Gasteiger partial charge in [0.1, 0.15) is 0 Å². The maximum absolute atomic E-state index is 11.7. The third-order valence-electron chi connectivity index (χ3n) is 5.02. The summed E-state index contributed by atoms with van der Waals surface area (Å²) < 4.78 is 9.64. The van der Waals surface area contributed by atoms with Crippen LogP contribution in [0, 0.1) is 0 Å². The van der Waals surface area contributed by atoms with E-state index in [1.165, 1.54) is 0 Å². The smallest absolute Gasteiger partial charge is 0.417 e. The van der Waals surface area contributed by atoms with Crippen molar-refractivity contribution < 1.29 is 28.7 Å². The zero-order valence-corrected chi connectivity index (χ0v) is 20.2. The highest BCUT2D eigenvalue weighted by atomic mass is 16.6. The first kappa shape index (κ1) is 29.8. The Morgan fingerprint density at radius 2 is 0.969 bits per heavy atom. The molecule has 0 aromatic rings. The molecule has 186 valence electrons. The van der Waals surface area contributed by atoms with Crippen molar-refractivity contribution in [3.63, 3.8) is 0 Å². The summed E-state index contributed by atoms with van der Waals surface area (Å²) in [6, 6.07) is 0. The van der Waals surface area contributed by atoms with Crippen LogP contribution in [0.15, 0.2) is 0 Å². The number of hydrogen-bond donors (Lipinski definition) is 2. The molecule has 32 heavy (non-hydrogen) atoms. The predicted molar refractivity (Wildman–Crippen MR) is 122 cm³/mol. The lowest BCUT2D eigenvalue weighted by molar-refractivity contribution is -0.167. The number of esters is 2. The summed E-state index contributed by atoms with van der Waals surface area (Å²) in [4.78, 5) is 51.1. The molecule has 0 aliphatic heterocycles. The van der Waals surface area contributed by atoms with Gasteiger partial charge < -0.3 is 29.9 Å². The number of rotatable bonds is 18. The lowest BCUT2D eigenvalue weighted by Crippen LogP contribution is -2.34. The Morgan fingerprint density at radius 1 is 0.625 bits per heavy atom. The Bertz CT molecular complexity index is 503. The van der Waals surface area contributed by atoms with Crippen molar-refractivity contribution in [3.8, 4) is 0 Å². The van der Waals surface area contributed by atoms with E-state index < -0.39 is 11.9 Å². The van der Waals surface area contributed by atoms with Crippen LogP contribution in [0.4, 0.5) is 0 Å². The molecule has 2 amide bonds. The van der Waals surface area contributed by atoms with Gasteiger partial charge in [0.25, 0.3) is 0 Å². The predicted octanol–water partition coefficient (Wildman–Crippen LogP) is 0.549. The molecule has 10 nitrogen and oxygen atoms in total. The third-order valence-corrected chi connectivity index (χ3v) is 5.02. The molecule has 0 radical (unpaired) electrons. The molecule has 0 aliphatic rings. The van der Waals surface area contributed by atoms with Gasteiger partial charge in [-0.3, -0.25) is 9.59 Å². The van der Waals surface area contributed by atoms with Gasteiger partial charge in [-0.05, 0) is 39.0 Å². The van der Waals surface area contributed by atoms with E-state index in [1.54, 1.807) is 0 Å². The van der Waals surface area contributed by atoms with E-state index in [2.05, 4.69) is 48.1 Å². The second-order valence-corrected chi connectivity index (χ2v) is 7.23. The van der Waals surface area contributed by atoms with Crippen LogP contribution in [0.3, 0.4) is 0 Å². The molecule has 0 saturated heterocycles. The van der Waals surface area contributed by atoms with Crippen molar-refractivity contribution in [1.29, 1.82) is 0 Å². The van der Waals surface area contributed by atoms with Gasteiger partial charge in [-0.1, -0.05) is 27.7 Å². The molecule has 0 saturated carbocycles. The molecule has 0 aromatic carbocycles. The highest BCUT2D eigenvalue weighted by Crippen LogP contribution is 1.96. The first-order chi connectivity index (χ1) is 15.4. The minimum absolute atomic E-state index is 0.0354. The van der Waals surface area contributed by atoms with Crippen LogP contribution in [0.5, 0.6) is 0 Å².